The number of ether oxygens (including phenoxy) is 2. The molecule has 2 aromatic heterocycles. The third-order valence-corrected chi connectivity index (χ3v) is 5.07. The first kappa shape index (κ1) is 23.4. The van der Waals surface area contributed by atoms with Crippen molar-refractivity contribution in [1.29, 1.82) is 0 Å². The highest BCUT2D eigenvalue weighted by Crippen LogP contribution is 2.32. The highest BCUT2D eigenvalue weighted by Gasteiger charge is 2.43. The number of rotatable bonds is 3. The van der Waals surface area contributed by atoms with Gasteiger partial charge in [-0.1, -0.05) is 6.07 Å². The second-order valence-electron chi connectivity index (χ2n) is 7.27. The van der Waals surface area contributed by atoms with Crippen molar-refractivity contribution in [2.45, 2.75) is 37.9 Å². The van der Waals surface area contributed by atoms with Crippen molar-refractivity contribution in [2.75, 3.05) is 20.2 Å². The summed E-state index contributed by atoms with van der Waals surface area (Å²) < 4.78 is 44.5. The van der Waals surface area contributed by atoms with Crippen molar-refractivity contribution in [3.63, 3.8) is 0 Å². The minimum atomic E-state index is -5.08. The van der Waals surface area contributed by atoms with E-state index in [9.17, 15) is 22.8 Å². The maximum absolute atomic E-state index is 12.1. The van der Waals surface area contributed by atoms with Crippen molar-refractivity contribution in [2.24, 2.45) is 0 Å². The van der Waals surface area contributed by atoms with Gasteiger partial charge in [0.2, 0.25) is 5.88 Å². The minimum absolute atomic E-state index is 0.218. The monoisotopic (exact) mass is 459 g/mol. The van der Waals surface area contributed by atoms with Crippen LogP contribution in [0.2, 0.25) is 0 Å². The second-order valence-corrected chi connectivity index (χ2v) is 7.27. The maximum Gasteiger partial charge on any atom is 0.490 e. The third kappa shape index (κ3) is 5.13. The molecule has 32 heavy (non-hydrogen) atoms. The van der Waals surface area contributed by atoms with E-state index < -0.39 is 28.9 Å². The second kappa shape index (κ2) is 9.08. The molecule has 174 valence electrons. The van der Waals surface area contributed by atoms with Crippen molar-refractivity contribution < 1.29 is 32.5 Å². The van der Waals surface area contributed by atoms with Gasteiger partial charge >= 0.3 is 23.3 Å². The number of hydrogen-bond donors (Lipinski definition) is 2. The van der Waals surface area contributed by atoms with Crippen molar-refractivity contribution in [3.05, 3.63) is 50.4 Å². The van der Waals surface area contributed by atoms with Gasteiger partial charge in [-0.3, -0.25) is 19.1 Å². The Hall–Kier alpha value is -3.26. The molecule has 1 unspecified atom stereocenters. The third-order valence-electron chi connectivity index (χ3n) is 5.07. The largest absolute Gasteiger partial charge is 0.490 e. The van der Waals surface area contributed by atoms with E-state index in [0.29, 0.717) is 31.3 Å². The Kier molecular flexibility index (Phi) is 6.64. The molecule has 0 aromatic carbocycles. The van der Waals surface area contributed by atoms with Crippen LogP contribution in [0.5, 0.6) is 5.88 Å². The summed E-state index contributed by atoms with van der Waals surface area (Å²) in [5.74, 6) is -1.68. The summed E-state index contributed by atoms with van der Waals surface area (Å²) in [6.45, 7) is 2.76. The molecule has 2 N–H and O–H groups in total. The number of nitrogens with zero attached hydrogens (tertiary/aromatic N) is 4. The molecule has 0 radical (unpaired) electrons. The molecule has 0 aliphatic carbocycles. The van der Waals surface area contributed by atoms with Gasteiger partial charge in [0.05, 0.1) is 13.7 Å². The molecule has 0 saturated carbocycles. The molecule has 1 atom stereocenters. The number of carboxylic acid groups (broad SMARTS) is 1. The number of alkyl halides is 3. The summed E-state index contributed by atoms with van der Waals surface area (Å²) in [6, 6.07) is 3.87. The summed E-state index contributed by atoms with van der Waals surface area (Å²) in [5, 5.41) is 13.2. The number of halogens is 3. The molecule has 1 saturated heterocycles. The van der Waals surface area contributed by atoms with Gasteiger partial charge in [-0.15, -0.1) is 0 Å². The maximum atomic E-state index is 12.1. The first-order valence-corrected chi connectivity index (χ1v) is 9.37. The summed E-state index contributed by atoms with van der Waals surface area (Å²) >= 11 is 0. The summed E-state index contributed by atoms with van der Waals surface area (Å²) in [5.41, 5.74) is -0.730. The minimum Gasteiger partial charge on any atom is -0.481 e. The van der Waals surface area contributed by atoms with Crippen LogP contribution >= 0.6 is 0 Å². The smallest absolute Gasteiger partial charge is 0.481 e. The quantitative estimate of drug-likeness (QED) is 0.614. The number of hydrogen-bond acceptors (Lipinski definition) is 8. The lowest BCUT2D eigenvalue weighted by Crippen LogP contribution is -2.51. The number of carbonyl (C=O) groups is 1. The summed E-state index contributed by atoms with van der Waals surface area (Å²) in [6.07, 6.45) is -2.60. The fraction of sp³-hybridized carbons (Fsp3) is 0.500. The Morgan fingerprint density at radius 2 is 2.09 bits per heavy atom. The van der Waals surface area contributed by atoms with Crippen LogP contribution in [0.25, 0.3) is 0 Å². The predicted molar refractivity (Wildman–Crippen MR) is 101 cm³/mol. The van der Waals surface area contributed by atoms with E-state index in [1.54, 1.807) is 13.3 Å². The zero-order valence-corrected chi connectivity index (χ0v) is 16.9. The highest BCUT2D eigenvalue weighted by atomic mass is 19.4. The van der Waals surface area contributed by atoms with Crippen LogP contribution in [-0.2, 0) is 29.2 Å². The Morgan fingerprint density at radius 3 is 2.75 bits per heavy atom. The van der Waals surface area contributed by atoms with E-state index in [4.69, 9.17) is 19.4 Å². The molecule has 2 aliphatic rings. The fourth-order valence-electron chi connectivity index (χ4n) is 3.57. The van der Waals surface area contributed by atoms with Gasteiger partial charge in [0.15, 0.2) is 5.82 Å². The van der Waals surface area contributed by atoms with Crippen LogP contribution < -0.4 is 15.9 Å². The topological polar surface area (TPSA) is 140 Å². The number of likely N-dealkylation sites (tertiary alicyclic amines) is 1. The molecule has 2 aromatic rings. The lowest BCUT2D eigenvalue weighted by molar-refractivity contribution is -0.192. The first-order chi connectivity index (χ1) is 15.0. The number of pyridine rings is 1. The van der Waals surface area contributed by atoms with Crippen LogP contribution in [0, 0.1) is 0 Å². The van der Waals surface area contributed by atoms with Crippen LogP contribution in [0.15, 0.2) is 27.9 Å². The van der Waals surface area contributed by atoms with Gasteiger partial charge in [-0.05, 0) is 12.5 Å². The Morgan fingerprint density at radius 1 is 1.38 bits per heavy atom. The van der Waals surface area contributed by atoms with Gasteiger partial charge in [0, 0.05) is 31.4 Å². The molecule has 0 amide bonds. The molecule has 4 heterocycles. The molecule has 2 aliphatic heterocycles. The van der Waals surface area contributed by atoms with Gasteiger partial charge in [0.25, 0.3) is 0 Å². The molecular weight excluding hydrogens is 439 g/mol. The number of H-pyrrole nitrogens is 1. The number of fused-ring (bicyclic) bond motifs is 1. The van der Waals surface area contributed by atoms with E-state index in [-0.39, 0.29) is 6.61 Å². The summed E-state index contributed by atoms with van der Waals surface area (Å²) in [4.78, 5) is 39.0. The van der Waals surface area contributed by atoms with Gasteiger partial charge < -0.3 is 14.6 Å². The zero-order chi connectivity index (χ0) is 23.5. The molecule has 1 spiro atoms. The lowest BCUT2D eigenvalue weighted by atomic mass is 10.0. The number of aromatic amines is 1. The van der Waals surface area contributed by atoms with E-state index in [2.05, 4.69) is 20.1 Å². The molecule has 0 bridgehead atoms. The highest BCUT2D eigenvalue weighted by molar-refractivity contribution is 5.73. The predicted octanol–water partition coefficient (Wildman–Crippen LogP) is 0.143. The Bertz CT molecular complexity index is 1100. The number of nitrogens with one attached hydrogen (secondary N) is 1. The van der Waals surface area contributed by atoms with Crippen LogP contribution in [0.3, 0.4) is 0 Å². The molecular formula is C18H20F3N5O6. The van der Waals surface area contributed by atoms with Crippen molar-refractivity contribution in [1.82, 2.24) is 24.6 Å². The van der Waals surface area contributed by atoms with E-state index in [1.165, 1.54) is 4.57 Å². The average molecular weight is 459 g/mol. The molecule has 4 rings (SSSR count). The van der Waals surface area contributed by atoms with E-state index >= 15 is 0 Å². The van der Waals surface area contributed by atoms with Gasteiger partial charge in [-0.25, -0.2) is 14.9 Å². The molecule has 11 nitrogen and oxygen atoms in total. The van der Waals surface area contributed by atoms with Crippen molar-refractivity contribution in [3.8, 4) is 5.88 Å². The number of aliphatic carboxylic acids is 1. The van der Waals surface area contributed by atoms with Crippen LogP contribution in [0.1, 0.15) is 17.8 Å². The average Bonchev–Trinajstić information content (AvgIpc) is 3.13. The normalized spacial score (nSPS) is 20.4. The molecule has 14 heteroatoms. The first-order valence-electron chi connectivity index (χ1n) is 9.37. The standard InChI is InChI=1S/C16H19N5O4.C2HF3O2/c1-24-14-11(3-2-5-17-14)7-20-6-4-16(9-20)10-21-12(8-25-16)18-19-13(22)15(21)23;3-2(4,5)1(6)7/h2-3,5H,4,6-10H2,1H3,(H,19,22);(H,6,7). The number of aromatic nitrogens is 4. The Labute approximate surface area is 178 Å². The SMILES string of the molecule is COc1ncccc1CN1CCC2(C1)Cn1c(n[nH]c(=O)c1=O)CO2.O=C(O)C(F)(F)F. The summed E-state index contributed by atoms with van der Waals surface area (Å²) in [7, 11) is 1.61. The van der Waals surface area contributed by atoms with E-state index in [0.717, 1.165) is 18.5 Å². The molecule has 1 fully saturated rings. The fourth-order valence-corrected chi connectivity index (χ4v) is 3.57. The number of methoxy groups -OCH3 is 1. The van der Waals surface area contributed by atoms with Gasteiger partial charge in [0.1, 0.15) is 12.2 Å². The van der Waals surface area contributed by atoms with Gasteiger partial charge in [-0.2, -0.15) is 18.3 Å². The van der Waals surface area contributed by atoms with Crippen molar-refractivity contribution >= 4 is 5.97 Å². The Balaban J connectivity index is 0.000000360. The zero-order valence-electron chi connectivity index (χ0n) is 16.9. The van der Waals surface area contributed by atoms with E-state index in [1.807, 2.05) is 12.1 Å². The number of carboxylic acids is 1. The lowest BCUT2D eigenvalue weighted by Gasteiger charge is -2.34. The van der Waals surface area contributed by atoms with Crippen LogP contribution in [-0.4, -0.2) is 67.7 Å². The van der Waals surface area contributed by atoms with Crippen LogP contribution in [0.4, 0.5) is 13.2 Å².